The normalized spacial score (nSPS) is 11.0. The smallest absolute Gasteiger partial charge is 0.406 e. The first-order valence-electron chi connectivity index (χ1n) is 6.88. The maximum atomic E-state index is 11.0. The summed E-state index contributed by atoms with van der Waals surface area (Å²) in [6.07, 6.45) is 4.38. The summed E-state index contributed by atoms with van der Waals surface area (Å²) in [6, 6.07) is 11.0. The van der Waals surface area contributed by atoms with Gasteiger partial charge in [0.25, 0.3) is 0 Å². The van der Waals surface area contributed by atoms with Crippen LogP contribution in [-0.2, 0) is 0 Å². The molecule has 0 unspecified atom stereocenters. The van der Waals surface area contributed by atoms with Gasteiger partial charge in [-0.15, -0.1) is 0 Å². The van der Waals surface area contributed by atoms with Crippen molar-refractivity contribution >= 4 is 22.8 Å². The number of imidazole rings is 1. The molecular formula is C16H11N5O2. The second kappa shape index (κ2) is 5.06. The maximum Gasteiger partial charge on any atom is 0.410 e. The van der Waals surface area contributed by atoms with Crippen LogP contribution < -0.4 is 10.5 Å². The average Bonchev–Trinajstić information content (AvgIpc) is 2.99. The van der Waals surface area contributed by atoms with Gasteiger partial charge in [0.05, 0.1) is 17.2 Å². The van der Waals surface area contributed by atoms with Crippen molar-refractivity contribution in [3.8, 4) is 17.1 Å². The summed E-state index contributed by atoms with van der Waals surface area (Å²) >= 11 is 0. The van der Waals surface area contributed by atoms with Gasteiger partial charge in [-0.3, -0.25) is 4.98 Å². The van der Waals surface area contributed by atoms with Gasteiger partial charge in [-0.1, -0.05) is 12.1 Å². The monoisotopic (exact) mass is 305 g/mol. The highest BCUT2D eigenvalue weighted by atomic mass is 16.5. The number of para-hydroxylation sites is 2. The van der Waals surface area contributed by atoms with Crippen molar-refractivity contribution in [1.82, 2.24) is 19.4 Å². The van der Waals surface area contributed by atoms with Crippen LogP contribution in [-0.4, -0.2) is 25.4 Å². The summed E-state index contributed by atoms with van der Waals surface area (Å²) in [7, 11) is 0. The lowest BCUT2D eigenvalue weighted by Crippen LogP contribution is -2.16. The second-order valence-corrected chi connectivity index (χ2v) is 4.89. The number of ether oxygens (including phenoxy) is 1. The number of benzene rings is 1. The fraction of sp³-hybridized carbons (Fsp3) is 0. The molecule has 0 saturated heterocycles. The van der Waals surface area contributed by atoms with E-state index in [-0.39, 0.29) is 0 Å². The number of nitrogens with zero attached hydrogens (tertiary/aromatic N) is 4. The minimum atomic E-state index is -0.881. The highest BCUT2D eigenvalue weighted by Crippen LogP contribution is 2.24. The zero-order chi connectivity index (χ0) is 15.8. The van der Waals surface area contributed by atoms with Gasteiger partial charge in [-0.05, 0) is 24.3 Å². The number of fused-ring (bicyclic) bond motifs is 2. The lowest BCUT2D eigenvalue weighted by atomic mass is 10.3. The highest BCUT2D eigenvalue weighted by molar-refractivity contribution is 5.77. The summed E-state index contributed by atoms with van der Waals surface area (Å²) in [5, 5.41) is 0. The number of pyridine rings is 1. The molecule has 3 aromatic heterocycles. The van der Waals surface area contributed by atoms with Gasteiger partial charge in [-0.25, -0.2) is 14.8 Å². The summed E-state index contributed by atoms with van der Waals surface area (Å²) in [6.45, 7) is 0. The number of carbonyl (C=O) groups is 1. The molecule has 4 rings (SSSR count). The molecule has 112 valence electrons. The molecule has 0 spiro atoms. The summed E-state index contributed by atoms with van der Waals surface area (Å²) < 4.78 is 6.71. The Morgan fingerprint density at radius 3 is 2.70 bits per heavy atom. The number of hydrogen-bond donors (Lipinski definition) is 1. The van der Waals surface area contributed by atoms with E-state index in [0.717, 1.165) is 11.0 Å². The highest BCUT2D eigenvalue weighted by Gasteiger charge is 2.12. The van der Waals surface area contributed by atoms with E-state index < -0.39 is 6.09 Å². The van der Waals surface area contributed by atoms with E-state index in [9.17, 15) is 4.79 Å². The minimum absolute atomic E-state index is 0.292. The van der Waals surface area contributed by atoms with Crippen LogP contribution in [0.25, 0.3) is 28.1 Å². The van der Waals surface area contributed by atoms with Gasteiger partial charge in [0, 0.05) is 12.4 Å². The van der Waals surface area contributed by atoms with Crippen molar-refractivity contribution in [2.75, 3.05) is 0 Å². The van der Waals surface area contributed by atoms with Crippen molar-refractivity contribution in [3.63, 3.8) is 0 Å². The first-order valence-corrected chi connectivity index (χ1v) is 6.88. The predicted octanol–water partition coefficient (Wildman–Crippen LogP) is 2.40. The molecule has 0 radical (unpaired) electrons. The van der Waals surface area contributed by atoms with Crippen LogP contribution in [0.2, 0.25) is 0 Å². The molecule has 7 nitrogen and oxygen atoms in total. The minimum Gasteiger partial charge on any atom is -0.406 e. The molecule has 23 heavy (non-hydrogen) atoms. The Morgan fingerprint density at radius 1 is 1.04 bits per heavy atom. The van der Waals surface area contributed by atoms with Crippen molar-refractivity contribution in [1.29, 1.82) is 0 Å². The number of primary amides is 1. The van der Waals surface area contributed by atoms with Crippen LogP contribution in [0.1, 0.15) is 0 Å². The fourth-order valence-electron chi connectivity index (χ4n) is 2.38. The third kappa shape index (κ3) is 2.34. The summed E-state index contributed by atoms with van der Waals surface area (Å²) in [5.74, 6) is 0.292. The average molecular weight is 305 g/mol. The van der Waals surface area contributed by atoms with Gasteiger partial charge >= 0.3 is 6.09 Å². The second-order valence-electron chi connectivity index (χ2n) is 4.89. The maximum absolute atomic E-state index is 11.0. The number of carbonyl (C=O) groups excluding carboxylic acids is 1. The molecule has 0 bridgehead atoms. The number of amides is 1. The molecule has 0 atom stereocenters. The van der Waals surface area contributed by atoms with E-state index >= 15 is 0 Å². The van der Waals surface area contributed by atoms with E-state index in [1.54, 1.807) is 35.1 Å². The first kappa shape index (κ1) is 13.2. The van der Waals surface area contributed by atoms with Crippen LogP contribution in [0.15, 0.2) is 55.0 Å². The first-order chi connectivity index (χ1) is 11.2. The molecule has 4 aromatic rings. The summed E-state index contributed by atoms with van der Waals surface area (Å²) in [5.41, 5.74) is 8.43. The molecule has 1 amide bonds. The molecule has 0 aliphatic heterocycles. The molecule has 2 N–H and O–H groups in total. The molecule has 0 saturated carbocycles. The van der Waals surface area contributed by atoms with Gasteiger partial charge in [0.1, 0.15) is 11.4 Å². The van der Waals surface area contributed by atoms with E-state index in [2.05, 4.69) is 15.0 Å². The van der Waals surface area contributed by atoms with Crippen LogP contribution in [0.5, 0.6) is 5.75 Å². The van der Waals surface area contributed by atoms with Gasteiger partial charge in [0.2, 0.25) is 0 Å². The Morgan fingerprint density at radius 2 is 1.87 bits per heavy atom. The lowest BCUT2D eigenvalue weighted by Gasteiger charge is -2.01. The molecule has 0 aliphatic rings. The Balaban J connectivity index is 1.86. The van der Waals surface area contributed by atoms with Crippen molar-refractivity contribution < 1.29 is 9.53 Å². The van der Waals surface area contributed by atoms with Gasteiger partial charge in [-0.2, -0.15) is 0 Å². The van der Waals surface area contributed by atoms with Crippen molar-refractivity contribution in [2.24, 2.45) is 5.73 Å². The van der Waals surface area contributed by atoms with Crippen LogP contribution in [0.4, 0.5) is 4.79 Å². The number of nitrogens with two attached hydrogens (primary N) is 1. The topological polar surface area (TPSA) is 95.4 Å². The predicted molar refractivity (Wildman–Crippen MR) is 83.9 cm³/mol. The van der Waals surface area contributed by atoms with E-state index in [1.165, 1.54) is 0 Å². The summed E-state index contributed by atoms with van der Waals surface area (Å²) in [4.78, 5) is 24.4. The third-order valence-electron chi connectivity index (χ3n) is 3.37. The zero-order valence-electron chi connectivity index (χ0n) is 11.9. The molecule has 7 heteroatoms. The van der Waals surface area contributed by atoms with Crippen LogP contribution in [0.3, 0.4) is 0 Å². The van der Waals surface area contributed by atoms with E-state index in [0.29, 0.717) is 22.8 Å². The molecule has 0 fully saturated rings. The number of hydrogen-bond acceptors (Lipinski definition) is 5. The van der Waals surface area contributed by atoms with Gasteiger partial charge in [0.15, 0.2) is 11.4 Å². The van der Waals surface area contributed by atoms with Crippen molar-refractivity contribution in [2.45, 2.75) is 0 Å². The van der Waals surface area contributed by atoms with Crippen LogP contribution in [0, 0.1) is 0 Å². The molecule has 1 aromatic carbocycles. The molecule has 0 aliphatic carbocycles. The quantitative estimate of drug-likeness (QED) is 0.613. The lowest BCUT2D eigenvalue weighted by molar-refractivity contribution is 0.211. The largest absolute Gasteiger partial charge is 0.410 e. The molecular weight excluding hydrogens is 294 g/mol. The van der Waals surface area contributed by atoms with E-state index in [4.69, 9.17) is 10.5 Å². The number of aromatic nitrogens is 4. The third-order valence-corrected chi connectivity index (χ3v) is 3.37. The Kier molecular flexibility index (Phi) is 2.90. The van der Waals surface area contributed by atoms with E-state index in [1.807, 2.05) is 24.3 Å². The standard InChI is InChI=1S/C16H11N5O2/c17-16(22)23-14-6-3-7-21-9-13(20-15(14)21)12-8-18-10-4-1-2-5-11(10)19-12/h1-9H,(H2,17,22). The number of rotatable bonds is 2. The fourth-order valence-corrected chi connectivity index (χ4v) is 2.38. The van der Waals surface area contributed by atoms with Crippen LogP contribution >= 0.6 is 0 Å². The van der Waals surface area contributed by atoms with Gasteiger partial charge < -0.3 is 14.9 Å². The zero-order valence-corrected chi connectivity index (χ0v) is 11.9. The Labute approximate surface area is 130 Å². The van der Waals surface area contributed by atoms with Crippen molar-refractivity contribution in [3.05, 3.63) is 55.0 Å². The SMILES string of the molecule is NC(=O)Oc1cccn2cc(-c3cnc4ccccc4n3)nc12. The Bertz CT molecular complexity index is 1040. The molecule has 3 heterocycles. The Hall–Kier alpha value is -3.48.